The standard InChI is InChI=1S/C32H42F4N2O3.CO2/c1-21(2)19-41-28-17-24(32(34,35)36)9-12-26(28)22-13-15-37(16-14-22)29(39)31(33)20-38(30(3,4)5)18-27(31)23-7-10-25(40-6)11-8-23;2-1-3/h7-12,17,21-22,27H,13-16,18-20H2,1-6H3;/t27-,31-;/m0./s1. The molecule has 2 aliphatic rings. The quantitative estimate of drug-likeness (QED) is 0.329. The summed E-state index contributed by atoms with van der Waals surface area (Å²) in [5.74, 6) is -0.203. The molecule has 44 heavy (non-hydrogen) atoms. The van der Waals surface area contributed by atoms with Gasteiger partial charge in [0.25, 0.3) is 5.91 Å². The predicted molar refractivity (Wildman–Crippen MR) is 156 cm³/mol. The summed E-state index contributed by atoms with van der Waals surface area (Å²) in [6, 6.07) is 10.9. The first-order chi connectivity index (χ1) is 20.5. The van der Waals surface area contributed by atoms with Gasteiger partial charge in [0.15, 0.2) is 0 Å². The Kier molecular flexibility index (Phi) is 11.2. The molecule has 0 unspecified atom stereocenters. The maximum absolute atomic E-state index is 17.0. The molecule has 0 aliphatic carbocycles. The number of carbonyl (C=O) groups is 1. The molecule has 242 valence electrons. The zero-order valence-electron chi connectivity index (χ0n) is 26.2. The van der Waals surface area contributed by atoms with Gasteiger partial charge in [-0.1, -0.05) is 32.0 Å². The Hall–Kier alpha value is -3.43. The maximum Gasteiger partial charge on any atom is 0.416 e. The Morgan fingerprint density at radius 3 is 2.14 bits per heavy atom. The van der Waals surface area contributed by atoms with E-state index in [1.807, 2.05) is 51.7 Å². The van der Waals surface area contributed by atoms with Gasteiger partial charge in [0.05, 0.1) is 19.3 Å². The van der Waals surface area contributed by atoms with Crippen molar-refractivity contribution in [3.8, 4) is 11.5 Å². The number of alkyl halides is 4. The molecule has 0 N–H and O–H groups in total. The summed E-state index contributed by atoms with van der Waals surface area (Å²) in [5.41, 5.74) is -1.71. The van der Waals surface area contributed by atoms with Gasteiger partial charge >= 0.3 is 12.3 Å². The molecule has 2 saturated heterocycles. The highest BCUT2D eigenvalue weighted by Crippen LogP contribution is 2.45. The van der Waals surface area contributed by atoms with E-state index in [0.717, 1.165) is 17.7 Å². The normalized spacial score (nSPS) is 21.4. The van der Waals surface area contributed by atoms with E-state index in [1.54, 1.807) is 24.1 Å². The van der Waals surface area contributed by atoms with E-state index in [2.05, 4.69) is 0 Å². The number of benzene rings is 2. The van der Waals surface area contributed by atoms with Crippen LogP contribution in [0.5, 0.6) is 11.5 Å². The Morgan fingerprint density at radius 2 is 1.64 bits per heavy atom. The number of likely N-dealkylation sites (tertiary alicyclic amines) is 2. The molecule has 2 aromatic carbocycles. The SMILES string of the molecule is COc1ccc([C@@H]2CN(C(C)(C)C)C[C@@]2(F)C(=O)N2CCC(c3ccc(C(F)(F)F)cc3OCC(C)C)CC2)cc1.O=C=O. The van der Waals surface area contributed by atoms with Crippen LogP contribution in [0.15, 0.2) is 42.5 Å². The highest BCUT2D eigenvalue weighted by atomic mass is 19.4. The third-order valence-electron chi connectivity index (χ3n) is 8.33. The molecule has 0 aromatic heterocycles. The summed E-state index contributed by atoms with van der Waals surface area (Å²) in [5, 5.41) is 0. The molecule has 2 fully saturated rings. The second-order valence-electron chi connectivity index (χ2n) is 12.8. The molecular formula is C33H42F4N2O5. The molecule has 2 aromatic rings. The number of hydrogen-bond acceptors (Lipinski definition) is 6. The lowest BCUT2D eigenvalue weighted by atomic mass is 9.83. The number of nitrogens with zero attached hydrogens (tertiary/aromatic N) is 2. The van der Waals surface area contributed by atoms with Crippen LogP contribution >= 0.6 is 0 Å². The summed E-state index contributed by atoms with van der Waals surface area (Å²) < 4.78 is 68.4. The lowest BCUT2D eigenvalue weighted by molar-refractivity contribution is -0.191. The van der Waals surface area contributed by atoms with Crippen molar-refractivity contribution >= 4 is 12.1 Å². The Balaban J connectivity index is 0.00000169. The highest BCUT2D eigenvalue weighted by molar-refractivity contribution is 5.87. The van der Waals surface area contributed by atoms with Gasteiger partial charge in [-0.3, -0.25) is 9.69 Å². The van der Waals surface area contributed by atoms with Gasteiger partial charge in [0.1, 0.15) is 11.5 Å². The van der Waals surface area contributed by atoms with E-state index in [0.29, 0.717) is 50.4 Å². The molecule has 0 bridgehead atoms. The Labute approximate surface area is 256 Å². The van der Waals surface area contributed by atoms with E-state index in [1.165, 1.54) is 6.07 Å². The number of hydrogen-bond donors (Lipinski definition) is 0. The number of ether oxygens (including phenoxy) is 2. The molecular weight excluding hydrogens is 580 g/mol. The van der Waals surface area contributed by atoms with Crippen LogP contribution < -0.4 is 9.47 Å². The summed E-state index contributed by atoms with van der Waals surface area (Å²) in [6.07, 6.45) is -3.19. The van der Waals surface area contributed by atoms with Crippen LogP contribution in [0.25, 0.3) is 0 Å². The van der Waals surface area contributed by atoms with Gasteiger partial charge in [-0.2, -0.15) is 22.8 Å². The largest absolute Gasteiger partial charge is 0.497 e. The molecule has 0 radical (unpaired) electrons. The van der Waals surface area contributed by atoms with Crippen molar-refractivity contribution in [2.24, 2.45) is 5.92 Å². The number of piperidine rings is 1. The number of rotatable bonds is 7. The second-order valence-corrected chi connectivity index (χ2v) is 12.8. The molecule has 2 aliphatic heterocycles. The summed E-state index contributed by atoms with van der Waals surface area (Å²) >= 11 is 0. The molecule has 4 rings (SSSR count). The van der Waals surface area contributed by atoms with Crippen LogP contribution in [-0.4, -0.2) is 73.0 Å². The van der Waals surface area contributed by atoms with Crippen LogP contribution in [-0.2, 0) is 20.6 Å². The third kappa shape index (κ3) is 8.18. The summed E-state index contributed by atoms with van der Waals surface area (Å²) in [7, 11) is 1.57. The number of methoxy groups -OCH3 is 1. The molecule has 0 saturated carbocycles. The minimum atomic E-state index is -4.47. The maximum atomic E-state index is 17.0. The van der Waals surface area contributed by atoms with Crippen molar-refractivity contribution in [1.82, 2.24) is 9.80 Å². The van der Waals surface area contributed by atoms with Gasteiger partial charge in [-0.25, -0.2) is 4.39 Å². The van der Waals surface area contributed by atoms with Crippen molar-refractivity contribution in [1.29, 1.82) is 0 Å². The molecule has 1 amide bonds. The van der Waals surface area contributed by atoms with Gasteiger partial charge < -0.3 is 14.4 Å². The molecule has 11 heteroatoms. The van der Waals surface area contributed by atoms with Crippen LogP contribution in [0.3, 0.4) is 0 Å². The minimum Gasteiger partial charge on any atom is -0.497 e. The Bertz CT molecular complexity index is 1290. The fraction of sp³-hybridized carbons (Fsp3) is 0.576. The van der Waals surface area contributed by atoms with Crippen LogP contribution in [0.1, 0.15) is 76.0 Å². The molecule has 2 atom stereocenters. The second kappa shape index (κ2) is 14.1. The van der Waals surface area contributed by atoms with Gasteiger partial charge in [-0.15, -0.1) is 0 Å². The van der Waals surface area contributed by atoms with E-state index < -0.39 is 29.2 Å². The number of amides is 1. The fourth-order valence-electron chi connectivity index (χ4n) is 5.84. The van der Waals surface area contributed by atoms with Gasteiger partial charge in [0.2, 0.25) is 5.67 Å². The zero-order chi connectivity index (χ0) is 32.9. The average Bonchev–Trinajstić information content (AvgIpc) is 3.35. The highest BCUT2D eigenvalue weighted by Gasteiger charge is 2.57. The first-order valence-electron chi connectivity index (χ1n) is 14.8. The van der Waals surface area contributed by atoms with Crippen LogP contribution in [0.2, 0.25) is 0 Å². The topological polar surface area (TPSA) is 76.2 Å². The lowest BCUT2D eigenvalue weighted by Crippen LogP contribution is -2.53. The van der Waals surface area contributed by atoms with E-state index >= 15 is 4.39 Å². The van der Waals surface area contributed by atoms with Crippen LogP contribution in [0.4, 0.5) is 17.6 Å². The van der Waals surface area contributed by atoms with E-state index in [4.69, 9.17) is 19.1 Å². The lowest BCUT2D eigenvalue weighted by Gasteiger charge is -2.38. The van der Waals surface area contributed by atoms with Crippen LogP contribution in [0, 0.1) is 5.92 Å². The predicted octanol–water partition coefficient (Wildman–Crippen LogP) is 6.48. The van der Waals surface area contributed by atoms with Crippen molar-refractivity contribution < 1.29 is 41.4 Å². The van der Waals surface area contributed by atoms with E-state index in [9.17, 15) is 18.0 Å². The van der Waals surface area contributed by atoms with Gasteiger partial charge in [0, 0.05) is 37.6 Å². The molecule has 0 spiro atoms. The summed E-state index contributed by atoms with van der Waals surface area (Å²) in [4.78, 5) is 33.8. The smallest absolute Gasteiger partial charge is 0.416 e. The molecule has 7 nitrogen and oxygen atoms in total. The fourth-order valence-corrected chi connectivity index (χ4v) is 5.84. The van der Waals surface area contributed by atoms with Crippen molar-refractivity contribution in [3.63, 3.8) is 0 Å². The monoisotopic (exact) mass is 622 g/mol. The third-order valence-corrected chi connectivity index (χ3v) is 8.33. The zero-order valence-corrected chi connectivity index (χ0v) is 26.2. The molecule has 2 heterocycles. The Morgan fingerprint density at radius 1 is 1.05 bits per heavy atom. The average molecular weight is 623 g/mol. The number of halogens is 4. The first kappa shape index (κ1) is 35.1. The minimum absolute atomic E-state index is 0.00193. The first-order valence-corrected chi connectivity index (χ1v) is 14.8. The number of carbonyl (C=O) groups excluding carboxylic acids is 3. The summed E-state index contributed by atoms with van der Waals surface area (Å²) in [6.45, 7) is 11.3. The van der Waals surface area contributed by atoms with E-state index in [-0.39, 0.29) is 35.8 Å². The van der Waals surface area contributed by atoms with Crippen molar-refractivity contribution in [2.45, 2.75) is 76.7 Å². The van der Waals surface area contributed by atoms with Gasteiger partial charge in [-0.05, 0) is 80.8 Å². The van der Waals surface area contributed by atoms with Crippen molar-refractivity contribution in [3.05, 3.63) is 59.2 Å². The van der Waals surface area contributed by atoms with Crippen molar-refractivity contribution in [2.75, 3.05) is 39.9 Å².